The van der Waals surface area contributed by atoms with Crippen molar-refractivity contribution in [2.75, 3.05) is 31.6 Å². The number of carbonyl (C=O) groups excluding carboxylic acids is 1. The van der Waals surface area contributed by atoms with Crippen molar-refractivity contribution in [3.63, 3.8) is 0 Å². The predicted molar refractivity (Wildman–Crippen MR) is 114 cm³/mol. The van der Waals surface area contributed by atoms with Gasteiger partial charge in [0, 0.05) is 31.4 Å². The van der Waals surface area contributed by atoms with Crippen LogP contribution in [0.25, 0.3) is 0 Å². The van der Waals surface area contributed by atoms with E-state index in [1.165, 1.54) is 36.3 Å². The van der Waals surface area contributed by atoms with Gasteiger partial charge < -0.3 is 24.7 Å². The maximum atomic E-state index is 13.9. The smallest absolute Gasteiger partial charge is 0.433 e. The van der Waals surface area contributed by atoms with E-state index in [0.717, 1.165) is 6.20 Å². The Morgan fingerprint density at radius 3 is 2.35 bits per heavy atom. The lowest BCUT2D eigenvalue weighted by molar-refractivity contribution is -0.142. The van der Waals surface area contributed by atoms with Crippen LogP contribution in [0.2, 0.25) is 0 Å². The number of rotatable bonds is 5. The van der Waals surface area contributed by atoms with Crippen molar-refractivity contribution in [3.05, 3.63) is 52.8 Å². The number of anilines is 1. The summed E-state index contributed by atoms with van der Waals surface area (Å²) in [6, 6.07) is 4.90. The Labute approximate surface area is 193 Å². The Kier molecular flexibility index (Phi) is 7.29. The fourth-order valence-electron chi connectivity index (χ4n) is 3.85. The number of aromatic nitrogens is 2. The van der Waals surface area contributed by atoms with Gasteiger partial charge in [-0.15, -0.1) is 0 Å². The largest absolute Gasteiger partial charge is 0.465 e. The predicted octanol–water partition coefficient (Wildman–Crippen LogP) is 3.19. The third-order valence-corrected chi connectivity index (χ3v) is 5.73. The maximum Gasteiger partial charge on any atom is 0.433 e. The molecule has 12 heteroatoms. The molecule has 2 unspecified atom stereocenters. The number of esters is 1. The van der Waals surface area contributed by atoms with Crippen LogP contribution in [-0.2, 0) is 10.9 Å². The van der Waals surface area contributed by atoms with Crippen molar-refractivity contribution in [2.45, 2.75) is 32.2 Å². The molecule has 1 saturated heterocycles. The van der Waals surface area contributed by atoms with Crippen LogP contribution in [0.1, 0.15) is 47.1 Å². The first-order valence-corrected chi connectivity index (χ1v) is 10.5. The van der Waals surface area contributed by atoms with Gasteiger partial charge in [0.05, 0.1) is 18.7 Å². The van der Waals surface area contributed by atoms with E-state index in [9.17, 15) is 33.0 Å². The number of piperazine rings is 1. The van der Waals surface area contributed by atoms with Crippen molar-refractivity contribution in [1.82, 2.24) is 14.9 Å². The number of halogens is 3. The summed E-state index contributed by atoms with van der Waals surface area (Å²) in [5.41, 5.74) is -1.52. The van der Waals surface area contributed by atoms with Gasteiger partial charge in [-0.1, -0.05) is 26.0 Å². The van der Waals surface area contributed by atoms with Gasteiger partial charge in [-0.2, -0.15) is 13.2 Å². The maximum absolute atomic E-state index is 13.9. The van der Waals surface area contributed by atoms with Crippen LogP contribution >= 0.6 is 0 Å². The zero-order chi connectivity index (χ0) is 25.2. The zero-order valence-electron chi connectivity index (χ0n) is 18.8. The molecule has 2 heterocycles. The monoisotopic (exact) mass is 482 g/mol. The second kappa shape index (κ2) is 9.84. The summed E-state index contributed by atoms with van der Waals surface area (Å²) in [4.78, 5) is 33.6. The first-order chi connectivity index (χ1) is 15.9. The van der Waals surface area contributed by atoms with Crippen LogP contribution in [0.5, 0.6) is 0 Å². The lowest BCUT2D eigenvalue weighted by atomic mass is 9.99. The van der Waals surface area contributed by atoms with Crippen LogP contribution in [0.4, 0.5) is 23.9 Å². The molecule has 3 rings (SSSR count). The van der Waals surface area contributed by atoms with Crippen LogP contribution in [0, 0.1) is 5.92 Å². The quantitative estimate of drug-likeness (QED) is 0.625. The summed E-state index contributed by atoms with van der Waals surface area (Å²) in [6.07, 6.45) is -6.73. The molecule has 2 aromatic rings. The molecule has 1 aliphatic rings. The number of carbonyl (C=O) groups is 2. The number of nitrogens with zero attached hydrogens (tertiary/aromatic N) is 4. The highest BCUT2D eigenvalue weighted by molar-refractivity contribution is 5.89. The minimum absolute atomic E-state index is 0.0846. The fraction of sp³-hybridized carbons (Fsp3) is 0.455. The van der Waals surface area contributed by atoms with Crippen LogP contribution in [-0.4, -0.2) is 69.9 Å². The standard InChI is InChI=1S/C22H25F3N4O5/c1-12(2)16-11-28(21(32)33)8-9-29(16)20-26-10-15(18(27-20)22(23,24)25)17(30)13-4-6-14(7-5-13)19(31)34-3/h4-7,10,12,16-17,30H,8-9,11H2,1-3H3,(H,32,33). The van der Waals surface area contributed by atoms with E-state index in [0.29, 0.717) is 0 Å². The number of hydrogen-bond acceptors (Lipinski definition) is 7. The van der Waals surface area contributed by atoms with Gasteiger partial charge in [0.15, 0.2) is 5.69 Å². The highest BCUT2D eigenvalue weighted by Crippen LogP contribution is 2.36. The highest BCUT2D eigenvalue weighted by Gasteiger charge is 2.40. The average molecular weight is 482 g/mol. The molecule has 9 nitrogen and oxygen atoms in total. The summed E-state index contributed by atoms with van der Waals surface area (Å²) < 4.78 is 46.4. The van der Waals surface area contributed by atoms with Gasteiger partial charge >= 0.3 is 18.2 Å². The minimum Gasteiger partial charge on any atom is -0.465 e. The molecule has 0 spiro atoms. The Morgan fingerprint density at radius 1 is 1.18 bits per heavy atom. The first kappa shape index (κ1) is 25.2. The minimum atomic E-state index is -4.88. The molecule has 2 atom stereocenters. The number of aliphatic hydroxyl groups is 1. The van der Waals surface area contributed by atoms with Gasteiger partial charge in [0.1, 0.15) is 6.10 Å². The summed E-state index contributed by atoms with van der Waals surface area (Å²) in [5.74, 6) is -0.890. The molecule has 0 bridgehead atoms. The van der Waals surface area contributed by atoms with Crippen molar-refractivity contribution in [2.24, 2.45) is 5.92 Å². The normalized spacial score (nSPS) is 17.6. The third kappa shape index (κ3) is 5.22. The van der Waals surface area contributed by atoms with E-state index in [2.05, 4.69) is 14.7 Å². The van der Waals surface area contributed by atoms with Gasteiger partial charge in [0.2, 0.25) is 5.95 Å². The van der Waals surface area contributed by atoms with Crippen LogP contribution in [0.15, 0.2) is 30.5 Å². The van der Waals surface area contributed by atoms with E-state index >= 15 is 0 Å². The Hall–Kier alpha value is -3.41. The SMILES string of the molecule is COC(=O)c1ccc(C(O)c2cnc(N3CCN(C(=O)O)CC3C(C)C)nc2C(F)(F)F)cc1. The molecule has 1 aliphatic heterocycles. The van der Waals surface area contributed by atoms with E-state index in [1.807, 2.05) is 13.8 Å². The summed E-state index contributed by atoms with van der Waals surface area (Å²) >= 11 is 0. The van der Waals surface area contributed by atoms with Crippen molar-refractivity contribution in [3.8, 4) is 0 Å². The molecular formula is C22H25F3N4O5. The molecule has 0 saturated carbocycles. The fourth-order valence-corrected chi connectivity index (χ4v) is 3.85. The molecule has 34 heavy (non-hydrogen) atoms. The average Bonchev–Trinajstić information content (AvgIpc) is 2.81. The Balaban J connectivity index is 1.97. The van der Waals surface area contributed by atoms with E-state index < -0.39 is 41.6 Å². The highest BCUT2D eigenvalue weighted by atomic mass is 19.4. The number of aliphatic hydroxyl groups excluding tert-OH is 1. The summed E-state index contributed by atoms with van der Waals surface area (Å²) in [6.45, 7) is 4.01. The molecule has 2 N–H and O–H groups in total. The molecule has 0 aliphatic carbocycles. The lowest BCUT2D eigenvalue weighted by Gasteiger charge is -2.42. The Morgan fingerprint density at radius 2 is 1.82 bits per heavy atom. The first-order valence-electron chi connectivity index (χ1n) is 10.5. The lowest BCUT2D eigenvalue weighted by Crippen LogP contribution is -2.57. The van der Waals surface area contributed by atoms with Gasteiger partial charge in [-0.25, -0.2) is 19.6 Å². The summed E-state index contributed by atoms with van der Waals surface area (Å²) in [5, 5.41) is 20.0. The number of carboxylic acid groups (broad SMARTS) is 1. The topological polar surface area (TPSA) is 116 Å². The zero-order valence-corrected chi connectivity index (χ0v) is 18.8. The second-order valence-corrected chi connectivity index (χ2v) is 8.22. The number of benzene rings is 1. The van der Waals surface area contributed by atoms with Gasteiger partial charge in [0.25, 0.3) is 0 Å². The van der Waals surface area contributed by atoms with Gasteiger partial charge in [-0.3, -0.25) is 0 Å². The third-order valence-electron chi connectivity index (χ3n) is 5.73. The molecule has 1 aromatic carbocycles. The molecule has 1 amide bonds. The number of alkyl halides is 3. The van der Waals surface area contributed by atoms with Crippen molar-refractivity contribution < 1.29 is 37.7 Å². The summed E-state index contributed by atoms with van der Waals surface area (Å²) in [7, 11) is 1.20. The van der Waals surface area contributed by atoms with Gasteiger partial charge in [-0.05, 0) is 23.6 Å². The number of amides is 1. The van der Waals surface area contributed by atoms with Crippen LogP contribution < -0.4 is 4.90 Å². The number of hydrogen-bond donors (Lipinski definition) is 2. The van der Waals surface area contributed by atoms with E-state index in [-0.39, 0.29) is 42.6 Å². The Bertz CT molecular complexity index is 1050. The van der Waals surface area contributed by atoms with Crippen LogP contribution in [0.3, 0.4) is 0 Å². The molecule has 0 radical (unpaired) electrons. The molecule has 184 valence electrons. The number of methoxy groups -OCH3 is 1. The van der Waals surface area contributed by atoms with E-state index in [1.54, 1.807) is 4.90 Å². The van der Waals surface area contributed by atoms with E-state index in [4.69, 9.17) is 0 Å². The molecular weight excluding hydrogens is 457 g/mol. The van der Waals surface area contributed by atoms with Crippen molar-refractivity contribution >= 4 is 18.0 Å². The number of ether oxygens (including phenoxy) is 1. The molecule has 1 aromatic heterocycles. The van der Waals surface area contributed by atoms with Crippen molar-refractivity contribution in [1.29, 1.82) is 0 Å². The second-order valence-electron chi connectivity index (χ2n) is 8.22. The molecule has 1 fully saturated rings.